The van der Waals surface area contributed by atoms with Gasteiger partial charge >= 0.3 is 6.09 Å². The Kier molecular flexibility index (Phi) is 7.53. The highest BCUT2D eigenvalue weighted by atomic mass is 32.3. The van der Waals surface area contributed by atoms with Crippen LogP contribution in [0.25, 0.3) is 16.9 Å². The number of benzene rings is 1. The molecule has 37 heavy (non-hydrogen) atoms. The van der Waals surface area contributed by atoms with Gasteiger partial charge in [0.05, 0.1) is 40.4 Å². The lowest BCUT2D eigenvalue weighted by atomic mass is 10.1. The van der Waals surface area contributed by atoms with E-state index in [1.165, 1.54) is 17.5 Å². The Hall–Kier alpha value is -3.29. The van der Waals surface area contributed by atoms with Crippen molar-refractivity contribution in [3.8, 4) is 11.3 Å². The topological polar surface area (TPSA) is 129 Å². The van der Waals surface area contributed by atoms with Crippen LogP contribution in [0.2, 0.25) is 0 Å². The van der Waals surface area contributed by atoms with Gasteiger partial charge in [0, 0.05) is 37.1 Å². The van der Waals surface area contributed by atoms with Crippen molar-refractivity contribution in [1.29, 1.82) is 0 Å². The Morgan fingerprint density at radius 1 is 1.14 bits per heavy atom. The number of aromatic nitrogens is 3. The molecule has 1 aromatic carbocycles. The van der Waals surface area contributed by atoms with E-state index in [4.69, 9.17) is 4.74 Å². The van der Waals surface area contributed by atoms with Gasteiger partial charge < -0.3 is 9.64 Å². The zero-order valence-electron chi connectivity index (χ0n) is 19.9. The van der Waals surface area contributed by atoms with Crippen molar-refractivity contribution >= 4 is 45.1 Å². The van der Waals surface area contributed by atoms with Crippen LogP contribution in [0, 0.1) is 0 Å². The maximum atomic E-state index is 12.9. The lowest BCUT2D eigenvalue weighted by Crippen LogP contribution is -2.39. The highest BCUT2D eigenvalue weighted by Gasteiger charge is 2.22. The van der Waals surface area contributed by atoms with Gasteiger partial charge in [-0.25, -0.2) is 14.3 Å². The number of thiophene rings is 1. The molecule has 5 rings (SSSR count). The summed E-state index contributed by atoms with van der Waals surface area (Å²) >= 11 is 1.37. The van der Waals surface area contributed by atoms with Crippen LogP contribution in [0.4, 0.5) is 10.5 Å². The zero-order valence-corrected chi connectivity index (χ0v) is 21.6. The van der Waals surface area contributed by atoms with Gasteiger partial charge in [-0.05, 0) is 36.1 Å². The van der Waals surface area contributed by atoms with Crippen molar-refractivity contribution in [2.75, 3.05) is 43.1 Å². The largest absolute Gasteiger partial charge is 0.449 e. The minimum absolute atomic E-state index is 0.121. The molecule has 0 spiro atoms. The summed E-state index contributed by atoms with van der Waals surface area (Å²) in [6.07, 6.45) is 3.28. The fourth-order valence-electron chi connectivity index (χ4n) is 4.16. The number of anilines is 1. The van der Waals surface area contributed by atoms with E-state index in [1.54, 1.807) is 28.9 Å². The van der Waals surface area contributed by atoms with Crippen molar-refractivity contribution in [3.63, 3.8) is 0 Å². The molecule has 1 saturated heterocycles. The Bertz CT molecular complexity index is 1400. The molecular formula is C25H27N5O5S2. The second-order valence-corrected chi connectivity index (χ2v) is 12.0. The van der Waals surface area contributed by atoms with E-state index in [0.717, 1.165) is 17.8 Å². The first-order valence-corrected chi connectivity index (χ1v) is 14.6. The molecule has 3 N–H and O–H groups in total. The molecule has 4 heterocycles. The molecule has 4 aromatic rings. The fraction of sp³-hybridized carbons (Fsp3) is 0.280. The number of nitrogens with one attached hydrogen (secondary N) is 1. The second kappa shape index (κ2) is 11.0. The first kappa shape index (κ1) is 25.4. The molecule has 12 heteroatoms. The van der Waals surface area contributed by atoms with Gasteiger partial charge in [-0.3, -0.25) is 19.2 Å². The Morgan fingerprint density at radius 3 is 2.76 bits per heavy atom. The number of ether oxygens (including phenoxy) is 1. The average molecular weight is 542 g/mol. The van der Waals surface area contributed by atoms with Crippen LogP contribution in [-0.2, 0) is 4.74 Å². The number of fused-ring (bicyclic) bond motifs is 1. The molecule has 0 atom stereocenters. The lowest BCUT2D eigenvalue weighted by molar-refractivity contribution is 0.104. The molecule has 0 saturated carbocycles. The lowest BCUT2D eigenvalue weighted by Gasteiger charge is -2.40. The smallest absolute Gasteiger partial charge is 0.411 e. The molecule has 1 amide bonds. The van der Waals surface area contributed by atoms with Gasteiger partial charge in [0.2, 0.25) is 5.78 Å². The SMILES string of the molecule is O=C(Nc1cccc(-c2ccnc3c(C(=O)c4cccs4)cnn23)c1)OCCCN1CCS(O)(O)CC1. The van der Waals surface area contributed by atoms with Crippen LogP contribution < -0.4 is 5.32 Å². The van der Waals surface area contributed by atoms with Crippen molar-refractivity contribution < 1.29 is 23.4 Å². The predicted molar refractivity (Wildman–Crippen MR) is 145 cm³/mol. The highest BCUT2D eigenvalue weighted by Crippen LogP contribution is 2.40. The monoisotopic (exact) mass is 541 g/mol. The van der Waals surface area contributed by atoms with Crippen molar-refractivity contribution in [2.45, 2.75) is 6.42 Å². The summed E-state index contributed by atoms with van der Waals surface area (Å²) < 4.78 is 26.3. The first-order chi connectivity index (χ1) is 17.9. The standard InChI is InChI=1S/C25H27N5O5S2/c31-23(22-6-2-13-36-22)20-17-27-30-21(7-8-26-24(20)30)18-4-1-5-19(16-18)28-25(32)35-12-3-9-29-10-14-37(33,34)15-11-29/h1-2,4-8,13,16-17,33-34H,3,9-12,14-15H2,(H,28,32). The molecule has 10 nitrogen and oxygen atoms in total. The van der Waals surface area contributed by atoms with E-state index >= 15 is 0 Å². The summed E-state index contributed by atoms with van der Waals surface area (Å²) in [6, 6.07) is 12.7. The number of ketones is 1. The third-order valence-electron chi connectivity index (χ3n) is 6.12. The van der Waals surface area contributed by atoms with Crippen LogP contribution in [-0.4, -0.2) is 78.2 Å². The summed E-state index contributed by atoms with van der Waals surface area (Å²) in [6.45, 7) is 2.28. The summed E-state index contributed by atoms with van der Waals surface area (Å²) in [5.41, 5.74) is 2.98. The third-order valence-corrected chi connectivity index (χ3v) is 8.66. The Balaban J connectivity index is 1.20. The fourth-order valence-corrected chi connectivity index (χ4v) is 6.15. The van der Waals surface area contributed by atoms with E-state index in [0.29, 0.717) is 52.8 Å². The molecule has 0 unspecified atom stereocenters. The molecule has 1 aliphatic heterocycles. The van der Waals surface area contributed by atoms with E-state index in [1.807, 2.05) is 29.6 Å². The average Bonchev–Trinajstić information content (AvgIpc) is 3.58. The van der Waals surface area contributed by atoms with E-state index < -0.39 is 16.7 Å². The number of carbonyl (C=O) groups excluding carboxylic acids is 2. The zero-order chi connectivity index (χ0) is 25.8. The highest BCUT2D eigenvalue weighted by molar-refractivity contribution is 8.24. The maximum absolute atomic E-state index is 12.9. The number of hydrogen-bond acceptors (Lipinski definition) is 9. The van der Waals surface area contributed by atoms with Gasteiger partial charge in [0.25, 0.3) is 0 Å². The summed E-state index contributed by atoms with van der Waals surface area (Å²) in [4.78, 5) is 32.3. The van der Waals surface area contributed by atoms with Gasteiger partial charge in [-0.2, -0.15) is 15.7 Å². The quantitative estimate of drug-likeness (QED) is 0.216. The number of rotatable bonds is 8. The van der Waals surface area contributed by atoms with Crippen LogP contribution in [0.5, 0.6) is 0 Å². The molecular weight excluding hydrogens is 514 g/mol. The summed E-state index contributed by atoms with van der Waals surface area (Å²) in [5, 5.41) is 9.02. The third kappa shape index (κ3) is 6.00. The van der Waals surface area contributed by atoms with E-state index in [-0.39, 0.29) is 12.4 Å². The predicted octanol–water partition coefficient (Wildman–Crippen LogP) is 4.69. The normalized spacial score (nSPS) is 16.4. The molecule has 0 bridgehead atoms. The van der Waals surface area contributed by atoms with Gasteiger partial charge in [0.15, 0.2) is 5.65 Å². The number of amides is 1. The van der Waals surface area contributed by atoms with Crippen LogP contribution >= 0.6 is 21.9 Å². The molecule has 0 radical (unpaired) electrons. The van der Waals surface area contributed by atoms with Crippen LogP contribution in [0.15, 0.2) is 60.2 Å². The molecule has 1 aliphatic rings. The molecule has 3 aromatic heterocycles. The molecule has 1 fully saturated rings. The van der Waals surface area contributed by atoms with E-state index in [2.05, 4.69) is 20.3 Å². The number of nitrogens with zero attached hydrogens (tertiary/aromatic N) is 4. The first-order valence-electron chi connectivity index (χ1n) is 11.8. The van der Waals surface area contributed by atoms with Gasteiger partial charge in [-0.1, -0.05) is 18.2 Å². The minimum Gasteiger partial charge on any atom is -0.449 e. The molecule has 194 valence electrons. The maximum Gasteiger partial charge on any atom is 0.411 e. The van der Waals surface area contributed by atoms with E-state index in [9.17, 15) is 18.7 Å². The Labute approximate surface area is 219 Å². The number of hydrogen-bond donors (Lipinski definition) is 3. The molecule has 0 aliphatic carbocycles. The van der Waals surface area contributed by atoms with Crippen LogP contribution in [0.1, 0.15) is 21.7 Å². The summed E-state index contributed by atoms with van der Waals surface area (Å²) in [5.74, 6) is 0.683. The van der Waals surface area contributed by atoms with Crippen molar-refractivity contribution in [1.82, 2.24) is 19.5 Å². The number of carbonyl (C=O) groups is 2. The van der Waals surface area contributed by atoms with Gasteiger partial charge in [0.1, 0.15) is 0 Å². The Morgan fingerprint density at radius 2 is 1.97 bits per heavy atom. The minimum atomic E-state index is -2.40. The summed E-state index contributed by atoms with van der Waals surface area (Å²) in [7, 11) is -2.40. The second-order valence-electron chi connectivity index (χ2n) is 8.68. The van der Waals surface area contributed by atoms with Gasteiger partial charge in [-0.15, -0.1) is 11.3 Å². The van der Waals surface area contributed by atoms with Crippen molar-refractivity contribution in [3.05, 3.63) is 70.7 Å². The van der Waals surface area contributed by atoms with Crippen molar-refractivity contribution in [2.24, 2.45) is 0 Å². The van der Waals surface area contributed by atoms with Crippen LogP contribution in [0.3, 0.4) is 0 Å².